The number of aromatic hydroxyl groups is 1. The van der Waals surface area contributed by atoms with Crippen LogP contribution in [-0.2, 0) is 0 Å². The average molecular weight is 206 g/mol. The second kappa shape index (κ2) is 3.20. The number of aromatic amines is 1. The lowest BCUT2D eigenvalue weighted by atomic mass is 10.2. The second-order valence-corrected chi connectivity index (χ2v) is 3.14. The Morgan fingerprint density at radius 3 is 2.87 bits per heavy atom. The summed E-state index contributed by atoms with van der Waals surface area (Å²) in [7, 11) is 1.33. The Balaban J connectivity index is 2.91. The summed E-state index contributed by atoms with van der Waals surface area (Å²) >= 11 is 0. The normalized spacial score (nSPS) is 10.5. The van der Waals surface area contributed by atoms with Crippen LogP contribution in [0.1, 0.15) is 0 Å². The molecule has 0 fully saturated rings. The molecule has 0 aliphatic carbocycles. The van der Waals surface area contributed by atoms with Gasteiger partial charge >= 0.3 is 0 Å². The molecule has 0 aliphatic rings. The molecule has 0 aliphatic heterocycles. The smallest absolute Gasteiger partial charge is 0.294 e. The maximum Gasteiger partial charge on any atom is 0.294 e. The van der Waals surface area contributed by atoms with Crippen LogP contribution in [0.2, 0.25) is 0 Å². The molecule has 0 amide bonds. The van der Waals surface area contributed by atoms with Crippen molar-refractivity contribution in [2.75, 3.05) is 12.8 Å². The van der Waals surface area contributed by atoms with E-state index in [0.717, 1.165) is 0 Å². The molecule has 0 atom stereocenters. The van der Waals surface area contributed by atoms with E-state index < -0.39 is 5.56 Å². The van der Waals surface area contributed by atoms with Crippen LogP contribution >= 0.6 is 0 Å². The molecule has 2 rings (SSSR count). The number of benzene rings is 1. The molecule has 0 radical (unpaired) electrons. The van der Waals surface area contributed by atoms with Gasteiger partial charge in [-0.1, -0.05) is 0 Å². The van der Waals surface area contributed by atoms with E-state index in [9.17, 15) is 9.90 Å². The Morgan fingerprint density at radius 1 is 1.47 bits per heavy atom. The minimum Gasteiger partial charge on any atom is -0.504 e. The van der Waals surface area contributed by atoms with Gasteiger partial charge in [-0.15, -0.1) is 0 Å². The first-order valence-electron chi connectivity index (χ1n) is 4.32. The van der Waals surface area contributed by atoms with Gasteiger partial charge in [0.05, 0.1) is 12.6 Å². The standard InChI is InChI=1S/C10H10N2O3/c1-15-9-8(13)6-3-2-5(11)4-7(6)12-10(9)14/h2-4H,11H2,1H3,(H2,12,13,14). The fourth-order valence-corrected chi connectivity index (χ4v) is 1.47. The van der Waals surface area contributed by atoms with E-state index in [1.165, 1.54) is 7.11 Å². The number of rotatable bonds is 1. The summed E-state index contributed by atoms with van der Waals surface area (Å²) in [4.78, 5) is 14.0. The van der Waals surface area contributed by atoms with E-state index in [4.69, 9.17) is 10.5 Å². The zero-order valence-corrected chi connectivity index (χ0v) is 8.07. The Bertz CT molecular complexity index is 575. The molecule has 1 aromatic carbocycles. The summed E-state index contributed by atoms with van der Waals surface area (Å²) in [5.74, 6) is -0.261. The molecule has 0 unspecified atom stereocenters. The molecule has 78 valence electrons. The number of hydrogen-bond acceptors (Lipinski definition) is 4. The number of fused-ring (bicyclic) bond motifs is 1. The number of anilines is 1. The highest BCUT2D eigenvalue weighted by Gasteiger charge is 2.11. The van der Waals surface area contributed by atoms with Gasteiger partial charge in [0.15, 0.2) is 5.75 Å². The van der Waals surface area contributed by atoms with Crippen molar-refractivity contribution in [3.63, 3.8) is 0 Å². The van der Waals surface area contributed by atoms with Crippen molar-refractivity contribution in [2.24, 2.45) is 0 Å². The molecular formula is C10H10N2O3. The van der Waals surface area contributed by atoms with Crippen LogP contribution in [0.25, 0.3) is 10.9 Å². The van der Waals surface area contributed by atoms with Gasteiger partial charge in [0.25, 0.3) is 5.56 Å². The molecule has 0 bridgehead atoms. The second-order valence-electron chi connectivity index (χ2n) is 3.14. The average Bonchev–Trinajstić information content (AvgIpc) is 2.17. The predicted molar refractivity (Wildman–Crippen MR) is 57.2 cm³/mol. The first-order chi connectivity index (χ1) is 7.13. The lowest BCUT2D eigenvalue weighted by Gasteiger charge is -2.06. The van der Waals surface area contributed by atoms with Gasteiger partial charge in [0.1, 0.15) is 0 Å². The van der Waals surface area contributed by atoms with Crippen molar-refractivity contribution in [2.45, 2.75) is 0 Å². The number of nitrogen functional groups attached to an aromatic ring is 1. The van der Waals surface area contributed by atoms with E-state index in [-0.39, 0.29) is 11.5 Å². The minimum atomic E-state index is -0.479. The van der Waals surface area contributed by atoms with Crippen molar-refractivity contribution < 1.29 is 9.84 Å². The van der Waals surface area contributed by atoms with Crippen LogP contribution in [-0.4, -0.2) is 17.2 Å². The minimum absolute atomic E-state index is 0.0905. The number of methoxy groups -OCH3 is 1. The van der Waals surface area contributed by atoms with Gasteiger partial charge in [-0.2, -0.15) is 0 Å². The van der Waals surface area contributed by atoms with E-state index in [2.05, 4.69) is 4.98 Å². The Hall–Kier alpha value is -2.17. The number of pyridine rings is 1. The number of H-pyrrole nitrogens is 1. The first-order valence-corrected chi connectivity index (χ1v) is 4.32. The Kier molecular flexibility index (Phi) is 2.00. The van der Waals surface area contributed by atoms with E-state index in [1.54, 1.807) is 18.2 Å². The highest BCUT2D eigenvalue weighted by molar-refractivity contribution is 5.88. The quantitative estimate of drug-likeness (QED) is 0.603. The molecule has 5 heteroatoms. The predicted octanol–water partition coefficient (Wildman–Crippen LogP) is 0.825. The summed E-state index contributed by atoms with van der Waals surface area (Å²) in [6, 6.07) is 4.84. The summed E-state index contributed by atoms with van der Waals surface area (Å²) < 4.78 is 4.79. The lowest BCUT2D eigenvalue weighted by Crippen LogP contribution is -2.09. The highest BCUT2D eigenvalue weighted by Crippen LogP contribution is 2.30. The maximum atomic E-state index is 11.4. The lowest BCUT2D eigenvalue weighted by molar-refractivity contribution is 0.371. The summed E-state index contributed by atoms with van der Waals surface area (Å²) in [5, 5.41) is 10.2. The first kappa shape index (κ1) is 9.39. The van der Waals surface area contributed by atoms with E-state index >= 15 is 0 Å². The summed E-state index contributed by atoms with van der Waals surface area (Å²) in [6.45, 7) is 0. The van der Waals surface area contributed by atoms with Crippen molar-refractivity contribution in [1.29, 1.82) is 0 Å². The largest absolute Gasteiger partial charge is 0.504 e. The highest BCUT2D eigenvalue weighted by atomic mass is 16.5. The number of ether oxygens (including phenoxy) is 1. The molecule has 2 aromatic rings. The maximum absolute atomic E-state index is 11.4. The van der Waals surface area contributed by atoms with E-state index in [1.807, 2.05) is 0 Å². The molecule has 1 heterocycles. The van der Waals surface area contributed by atoms with Gasteiger partial charge in [-0.25, -0.2) is 0 Å². The van der Waals surface area contributed by atoms with Crippen LogP contribution in [0.5, 0.6) is 11.5 Å². The summed E-state index contributed by atoms with van der Waals surface area (Å²) in [6.07, 6.45) is 0. The van der Waals surface area contributed by atoms with Gasteiger partial charge in [-0.3, -0.25) is 4.79 Å². The molecule has 1 aromatic heterocycles. The zero-order chi connectivity index (χ0) is 11.0. The molecule has 0 saturated carbocycles. The van der Waals surface area contributed by atoms with Crippen LogP contribution in [0.3, 0.4) is 0 Å². The molecule has 5 nitrogen and oxygen atoms in total. The third-order valence-electron chi connectivity index (χ3n) is 2.17. The fourth-order valence-electron chi connectivity index (χ4n) is 1.47. The van der Waals surface area contributed by atoms with E-state index in [0.29, 0.717) is 16.6 Å². The van der Waals surface area contributed by atoms with Crippen molar-refractivity contribution >= 4 is 16.6 Å². The van der Waals surface area contributed by atoms with Crippen LogP contribution < -0.4 is 16.0 Å². The zero-order valence-electron chi connectivity index (χ0n) is 8.07. The van der Waals surface area contributed by atoms with Crippen molar-refractivity contribution in [3.8, 4) is 11.5 Å². The van der Waals surface area contributed by atoms with Crippen LogP contribution in [0.4, 0.5) is 5.69 Å². The van der Waals surface area contributed by atoms with Gasteiger partial charge in [0, 0.05) is 11.1 Å². The topological polar surface area (TPSA) is 88.3 Å². The third kappa shape index (κ3) is 1.38. The number of hydrogen-bond donors (Lipinski definition) is 3. The van der Waals surface area contributed by atoms with Crippen molar-refractivity contribution in [1.82, 2.24) is 4.98 Å². The van der Waals surface area contributed by atoms with Crippen molar-refractivity contribution in [3.05, 3.63) is 28.6 Å². The molecule has 15 heavy (non-hydrogen) atoms. The third-order valence-corrected chi connectivity index (χ3v) is 2.17. The van der Waals surface area contributed by atoms with Crippen LogP contribution in [0.15, 0.2) is 23.0 Å². The number of nitrogens with two attached hydrogens (primary N) is 1. The monoisotopic (exact) mass is 206 g/mol. The molecule has 4 N–H and O–H groups in total. The number of aromatic nitrogens is 1. The summed E-state index contributed by atoms with van der Waals surface area (Å²) in [5.41, 5.74) is 6.08. The SMILES string of the molecule is COc1c(O)c2ccc(N)cc2[nH]c1=O. The van der Waals surface area contributed by atoms with Crippen LogP contribution in [0, 0.1) is 0 Å². The van der Waals surface area contributed by atoms with Gasteiger partial charge in [0.2, 0.25) is 5.75 Å². The Morgan fingerprint density at radius 2 is 2.20 bits per heavy atom. The number of nitrogens with one attached hydrogen (secondary N) is 1. The molecule has 0 saturated heterocycles. The molecule has 0 spiro atoms. The Labute approximate surface area is 85.1 Å². The fraction of sp³-hybridized carbons (Fsp3) is 0.100. The van der Waals surface area contributed by atoms with Gasteiger partial charge in [-0.05, 0) is 18.2 Å². The van der Waals surface area contributed by atoms with Gasteiger partial charge < -0.3 is 20.6 Å². The molecular weight excluding hydrogens is 196 g/mol.